The van der Waals surface area contributed by atoms with Crippen molar-refractivity contribution in [2.45, 2.75) is 26.3 Å². The van der Waals surface area contributed by atoms with Crippen LogP contribution in [0.1, 0.15) is 25.3 Å². The van der Waals surface area contributed by atoms with E-state index in [1.807, 2.05) is 18.2 Å². The summed E-state index contributed by atoms with van der Waals surface area (Å²) in [5.74, 6) is 3.41. The molecule has 1 aromatic carbocycles. The van der Waals surface area contributed by atoms with Crippen LogP contribution in [0.15, 0.2) is 18.2 Å². The summed E-state index contributed by atoms with van der Waals surface area (Å²) in [6.07, 6.45) is 6.91. The summed E-state index contributed by atoms with van der Waals surface area (Å²) in [6.45, 7) is 4.42. The van der Waals surface area contributed by atoms with Crippen LogP contribution in [0.4, 0.5) is 0 Å². The van der Waals surface area contributed by atoms with Gasteiger partial charge in [0.15, 0.2) is 0 Å². The van der Waals surface area contributed by atoms with E-state index in [1.54, 1.807) is 0 Å². The summed E-state index contributed by atoms with van der Waals surface area (Å²) in [6, 6.07) is 5.65. The molecule has 0 heterocycles. The average Bonchev–Trinajstić information content (AvgIpc) is 2.32. The first-order valence-electron chi connectivity index (χ1n) is 5.83. The molecule has 0 atom stereocenters. The maximum Gasteiger partial charge on any atom is 0.123 e. The van der Waals surface area contributed by atoms with Gasteiger partial charge in [0.1, 0.15) is 5.75 Å². The molecule has 0 aromatic heterocycles. The van der Waals surface area contributed by atoms with Crippen molar-refractivity contribution in [2.75, 3.05) is 13.2 Å². The van der Waals surface area contributed by atoms with Crippen LogP contribution in [-0.4, -0.2) is 13.2 Å². The molecule has 0 aliphatic rings. The second-order valence-electron chi connectivity index (χ2n) is 3.73. The van der Waals surface area contributed by atoms with E-state index in [0.717, 1.165) is 35.8 Å². The quantitative estimate of drug-likeness (QED) is 0.593. The molecule has 0 aliphatic heterocycles. The van der Waals surface area contributed by atoms with E-state index in [0.29, 0.717) is 13.0 Å². The number of hydrogen-bond donors (Lipinski definition) is 1. The minimum absolute atomic E-state index is 0.541. The number of terminal acetylenes is 1. The molecular formula is C14H18ClNO. The van der Waals surface area contributed by atoms with Gasteiger partial charge in [0.2, 0.25) is 0 Å². The van der Waals surface area contributed by atoms with Crippen LogP contribution in [0.3, 0.4) is 0 Å². The lowest BCUT2D eigenvalue weighted by molar-refractivity contribution is 0.323. The van der Waals surface area contributed by atoms with Gasteiger partial charge in [0, 0.05) is 23.6 Å². The molecule has 0 unspecified atom stereocenters. The van der Waals surface area contributed by atoms with Gasteiger partial charge in [-0.2, -0.15) is 0 Å². The largest absolute Gasteiger partial charge is 0.492 e. The molecule has 0 fully saturated rings. The Morgan fingerprint density at radius 3 is 3.00 bits per heavy atom. The Morgan fingerprint density at radius 1 is 1.47 bits per heavy atom. The maximum atomic E-state index is 5.98. The maximum absolute atomic E-state index is 5.98. The van der Waals surface area contributed by atoms with Crippen molar-refractivity contribution in [3.8, 4) is 18.1 Å². The lowest BCUT2D eigenvalue weighted by Crippen LogP contribution is -2.14. The van der Waals surface area contributed by atoms with Crippen molar-refractivity contribution in [3.63, 3.8) is 0 Å². The fraction of sp³-hybridized carbons (Fsp3) is 0.429. The van der Waals surface area contributed by atoms with E-state index in [9.17, 15) is 0 Å². The molecule has 0 spiro atoms. The minimum atomic E-state index is 0.541. The van der Waals surface area contributed by atoms with Crippen molar-refractivity contribution in [3.05, 3.63) is 28.8 Å². The third-order valence-corrected chi connectivity index (χ3v) is 2.50. The fourth-order valence-corrected chi connectivity index (χ4v) is 1.64. The predicted octanol–water partition coefficient (Wildman–Crippen LogP) is 3.24. The van der Waals surface area contributed by atoms with E-state index >= 15 is 0 Å². The van der Waals surface area contributed by atoms with Gasteiger partial charge in [0.05, 0.1) is 6.61 Å². The minimum Gasteiger partial charge on any atom is -0.492 e. The normalized spacial score (nSPS) is 9.94. The number of nitrogens with one attached hydrogen (secondary N) is 1. The topological polar surface area (TPSA) is 21.3 Å². The number of ether oxygens (including phenoxy) is 1. The number of halogens is 1. The number of hydrogen-bond acceptors (Lipinski definition) is 2. The second-order valence-corrected chi connectivity index (χ2v) is 4.17. The Bertz CT molecular complexity index is 384. The SMILES string of the molecule is C#CCCOc1ccc(Cl)cc1CNCCC. The lowest BCUT2D eigenvalue weighted by atomic mass is 10.2. The molecule has 0 bridgehead atoms. The first-order valence-corrected chi connectivity index (χ1v) is 6.21. The zero-order valence-electron chi connectivity index (χ0n) is 10.1. The van der Waals surface area contributed by atoms with Crippen molar-refractivity contribution in [2.24, 2.45) is 0 Å². The molecule has 0 radical (unpaired) electrons. The van der Waals surface area contributed by atoms with Gasteiger partial charge in [-0.3, -0.25) is 0 Å². The van der Waals surface area contributed by atoms with Crippen LogP contribution in [0.25, 0.3) is 0 Å². The molecule has 0 aliphatic carbocycles. The fourth-order valence-electron chi connectivity index (χ4n) is 1.45. The Morgan fingerprint density at radius 2 is 2.29 bits per heavy atom. The first kappa shape index (κ1) is 13.9. The van der Waals surface area contributed by atoms with Crippen LogP contribution in [0.2, 0.25) is 5.02 Å². The van der Waals surface area contributed by atoms with Crippen molar-refractivity contribution < 1.29 is 4.74 Å². The van der Waals surface area contributed by atoms with Crippen LogP contribution >= 0.6 is 11.6 Å². The monoisotopic (exact) mass is 251 g/mol. The third-order valence-electron chi connectivity index (χ3n) is 2.27. The summed E-state index contributed by atoms with van der Waals surface area (Å²) in [4.78, 5) is 0. The lowest BCUT2D eigenvalue weighted by Gasteiger charge is -2.11. The molecule has 2 nitrogen and oxygen atoms in total. The zero-order chi connectivity index (χ0) is 12.5. The van der Waals surface area contributed by atoms with Gasteiger partial charge in [-0.05, 0) is 31.2 Å². The van der Waals surface area contributed by atoms with E-state index in [-0.39, 0.29) is 0 Å². The van der Waals surface area contributed by atoms with Crippen molar-refractivity contribution in [1.29, 1.82) is 0 Å². The summed E-state index contributed by atoms with van der Waals surface area (Å²) in [7, 11) is 0. The van der Waals surface area contributed by atoms with E-state index in [4.69, 9.17) is 22.8 Å². The van der Waals surface area contributed by atoms with Gasteiger partial charge >= 0.3 is 0 Å². The van der Waals surface area contributed by atoms with Gasteiger partial charge in [-0.25, -0.2) is 0 Å². The molecular weight excluding hydrogens is 234 g/mol. The Balaban J connectivity index is 2.63. The molecule has 1 rings (SSSR count). The summed E-state index contributed by atoms with van der Waals surface area (Å²) in [5.41, 5.74) is 1.07. The number of rotatable bonds is 7. The molecule has 1 aromatic rings. The molecule has 17 heavy (non-hydrogen) atoms. The van der Waals surface area contributed by atoms with Gasteiger partial charge in [-0.15, -0.1) is 12.3 Å². The Hall–Kier alpha value is -1.17. The standard InChI is InChI=1S/C14H18ClNO/c1-3-5-9-17-14-7-6-13(15)10-12(14)11-16-8-4-2/h1,6-7,10,16H,4-5,8-9,11H2,2H3. The predicted molar refractivity (Wildman–Crippen MR) is 72.4 cm³/mol. The van der Waals surface area contributed by atoms with E-state index in [1.165, 1.54) is 0 Å². The van der Waals surface area contributed by atoms with Crippen LogP contribution < -0.4 is 10.1 Å². The van der Waals surface area contributed by atoms with Gasteiger partial charge in [0.25, 0.3) is 0 Å². The highest BCUT2D eigenvalue weighted by Gasteiger charge is 2.04. The molecule has 0 saturated heterocycles. The smallest absolute Gasteiger partial charge is 0.123 e. The van der Waals surface area contributed by atoms with Crippen molar-refractivity contribution in [1.82, 2.24) is 5.32 Å². The second kappa shape index (κ2) is 8.00. The Kier molecular flexibility index (Phi) is 6.54. The molecule has 0 saturated carbocycles. The third kappa shape index (κ3) is 5.12. The molecule has 1 N–H and O–H groups in total. The summed E-state index contributed by atoms with van der Waals surface area (Å²) < 4.78 is 5.62. The molecule has 0 amide bonds. The van der Waals surface area contributed by atoms with E-state index < -0.39 is 0 Å². The highest BCUT2D eigenvalue weighted by atomic mass is 35.5. The zero-order valence-corrected chi connectivity index (χ0v) is 10.9. The van der Waals surface area contributed by atoms with Crippen molar-refractivity contribution >= 4 is 11.6 Å². The Labute approximate surface area is 108 Å². The highest BCUT2D eigenvalue weighted by molar-refractivity contribution is 6.30. The van der Waals surface area contributed by atoms with Crippen LogP contribution in [0.5, 0.6) is 5.75 Å². The highest BCUT2D eigenvalue weighted by Crippen LogP contribution is 2.23. The van der Waals surface area contributed by atoms with Crippen LogP contribution in [0, 0.1) is 12.3 Å². The van der Waals surface area contributed by atoms with Gasteiger partial charge in [-0.1, -0.05) is 18.5 Å². The van der Waals surface area contributed by atoms with E-state index in [2.05, 4.69) is 18.2 Å². The molecule has 3 heteroatoms. The van der Waals surface area contributed by atoms with Gasteiger partial charge < -0.3 is 10.1 Å². The molecule has 92 valence electrons. The number of benzene rings is 1. The average molecular weight is 252 g/mol. The summed E-state index contributed by atoms with van der Waals surface area (Å²) >= 11 is 5.98. The summed E-state index contributed by atoms with van der Waals surface area (Å²) in [5, 5.41) is 4.06. The van der Waals surface area contributed by atoms with Crippen LogP contribution in [-0.2, 0) is 6.54 Å². The first-order chi connectivity index (χ1) is 8.27.